The number of anilines is 1. The molecule has 7 nitrogen and oxygen atoms in total. The Labute approximate surface area is 160 Å². The van der Waals surface area contributed by atoms with Crippen molar-refractivity contribution in [2.45, 2.75) is 27.3 Å². The lowest BCUT2D eigenvalue weighted by molar-refractivity contribution is -0.115. The molecular weight excluding hydrogens is 342 g/mol. The van der Waals surface area contributed by atoms with Gasteiger partial charge < -0.3 is 20.7 Å². The Morgan fingerprint density at radius 2 is 2.07 bits per heavy atom. The van der Waals surface area contributed by atoms with E-state index in [0.717, 1.165) is 16.9 Å². The Balaban J connectivity index is 1.97. The van der Waals surface area contributed by atoms with E-state index in [4.69, 9.17) is 4.74 Å². The molecule has 0 saturated carbocycles. The molecule has 0 spiro atoms. The van der Waals surface area contributed by atoms with Crippen LogP contribution in [0.25, 0.3) is 0 Å². The predicted octanol–water partition coefficient (Wildman–Crippen LogP) is 2.48. The molecule has 7 heteroatoms. The van der Waals surface area contributed by atoms with Crippen LogP contribution >= 0.6 is 0 Å². The lowest BCUT2D eigenvalue weighted by Gasteiger charge is -2.13. The Morgan fingerprint density at radius 3 is 2.78 bits per heavy atom. The molecule has 27 heavy (non-hydrogen) atoms. The first kappa shape index (κ1) is 20.2. The van der Waals surface area contributed by atoms with Crippen LogP contribution in [0, 0.1) is 6.92 Å². The molecule has 0 radical (unpaired) electrons. The van der Waals surface area contributed by atoms with Crippen LogP contribution in [0.15, 0.2) is 47.7 Å². The minimum absolute atomic E-state index is 0.104. The standard InChI is InChI=1S/C20H27N5O2/c1-4-22-20(24-14-19(26)25-17-7-6-10-21-13-17)23-12-16-9-8-15(3)11-18(16)27-5-2/h6-11,13H,4-5,12,14H2,1-3H3,(H,25,26)(H2,22,23,24). The molecule has 3 N–H and O–H groups in total. The fourth-order valence-electron chi connectivity index (χ4n) is 2.39. The Morgan fingerprint density at radius 1 is 1.22 bits per heavy atom. The third kappa shape index (κ3) is 6.97. The maximum Gasteiger partial charge on any atom is 0.243 e. The number of hydrogen-bond acceptors (Lipinski definition) is 4. The first-order chi connectivity index (χ1) is 13.1. The van der Waals surface area contributed by atoms with Crippen molar-refractivity contribution in [3.8, 4) is 5.75 Å². The molecule has 1 aromatic carbocycles. The van der Waals surface area contributed by atoms with E-state index in [9.17, 15) is 4.79 Å². The number of aryl methyl sites for hydroxylation is 1. The van der Waals surface area contributed by atoms with Crippen LogP contribution in [-0.4, -0.2) is 36.5 Å². The molecule has 0 aliphatic heterocycles. The van der Waals surface area contributed by atoms with Crippen LogP contribution in [0.1, 0.15) is 25.0 Å². The summed E-state index contributed by atoms with van der Waals surface area (Å²) in [7, 11) is 0. The van der Waals surface area contributed by atoms with Gasteiger partial charge in [-0.25, -0.2) is 4.99 Å². The van der Waals surface area contributed by atoms with Crippen molar-refractivity contribution >= 4 is 17.6 Å². The maximum atomic E-state index is 12.1. The molecule has 2 rings (SSSR count). The molecule has 1 heterocycles. The van der Waals surface area contributed by atoms with Crippen LogP contribution < -0.4 is 20.7 Å². The average Bonchev–Trinajstić information content (AvgIpc) is 2.66. The van der Waals surface area contributed by atoms with Gasteiger partial charge in [0, 0.05) is 18.3 Å². The molecule has 0 aliphatic carbocycles. The zero-order chi connectivity index (χ0) is 19.5. The Bertz CT molecular complexity index is 762. The normalized spacial score (nSPS) is 11.0. The van der Waals surface area contributed by atoms with Crippen molar-refractivity contribution in [2.75, 3.05) is 25.0 Å². The van der Waals surface area contributed by atoms with Gasteiger partial charge in [-0.05, 0) is 44.5 Å². The van der Waals surface area contributed by atoms with Crippen LogP contribution in [0.5, 0.6) is 5.75 Å². The largest absolute Gasteiger partial charge is 0.494 e. The quantitative estimate of drug-likeness (QED) is 0.491. The maximum absolute atomic E-state index is 12.1. The summed E-state index contributed by atoms with van der Waals surface area (Å²) < 4.78 is 5.69. The van der Waals surface area contributed by atoms with Gasteiger partial charge in [-0.3, -0.25) is 9.78 Å². The average molecular weight is 369 g/mol. The molecule has 0 fully saturated rings. The number of amides is 1. The first-order valence-corrected chi connectivity index (χ1v) is 9.06. The number of pyridine rings is 1. The summed E-state index contributed by atoms with van der Waals surface area (Å²) in [6.45, 7) is 7.83. The lowest BCUT2D eigenvalue weighted by atomic mass is 10.1. The van der Waals surface area contributed by atoms with Gasteiger partial charge in [0.2, 0.25) is 5.91 Å². The van der Waals surface area contributed by atoms with Gasteiger partial charge in [-0.15, -0.1) is 0 Å². The van der Waals surface area contributed by atoms with Crippen LogP contribution in [0.4, 0.5) is 5.69 Å². The van der Waals surface area contributed by atoms with E-state index in [1.54, 1.807) is 24.5 Å². The van der Waals surface area contributed by atoms with Crippen molar-refractivity contribution in [1.82, 2.24) is 15.6 Å². The number of guanidine groups is 1. The molecule has 0 bridgehead atoms. The third-order valence-corrected chi connectivity index (χ3v) is 3.64. The molecule has 2 aromatic rings. The molecule has 0 unspecified atom stereocenters. The highest BCUT2D eigenvalue weighted by molar-refractivity contribution is 5.94. The number of ether oxygens (including phenoxy) is 1. The van der Waals surface area contributed by atoms with Gasteiger partial charge in [0.15, 0.2) is 5.96 Å². The van der Waals surface area contributed by atoms with Gasteiger partial charge in [0.25, 0.3) is 0 Å². The second-order valence-corrected chi connectivity index (χ2v) is 5.88. The minimum Gasteiger partial charge on any atom is -0.494 e. The number of nitrogens with one attached hydrogen (secondary N) is 3. The number of aliphatic imine (C=N–C) groups is 1. The van der Waals surface area contributed by atoms with Crippen LogP contribution in [0.3, 0.4) is 0 Å². The number of hydrogen-bond donors (Lipinski definition) is 3. The minimum atomic E-state index is -0.168. The van der Waals surface area contributed by atoms with Crippen molar-refractivity contribution in [2.24, 2.45) is 4.99 Å². The molecule has 1 aromatic heterocycles. The van der Waals surface area contributed by atoms with Gasteiger partial charge in [0.1, 0.15) is 5.75 Å². The lowest BCUT2D eigenvalue weighted by Crippen LogP contribution is -2.41. The van der Waals surface area contributed by atoms with E-state index >= 15 is 0 Å². The van der Waals surface area contributed by atoms with Gasteiger partial charge in [-0.2, -0.15) is 0 Å². The second kappa shape index (κ2) is 10.8. The van der Waals surface area contributed by atoms with E-state index in [2.05, 4.69) is 25.9 Å². The molecule has 0 saturated heterocycles. The van der Waals surface area contributed by atoms with E-state index < -0.39 is 0 Å². The summed E-state index contributed by atoms with van der Waals surface area (Å²) in [5, 5.41) is 8.96. The van der Waals surface area contributed by atoms with Gasteiger partial charge in [0.05, 0.1) is 31.6 Å². The number of carbonyl (C=O) groups is 1. The summed E-state index contributed by atoms with van der Waals surface area (Å²) in [4.78, 5) is 20.6. The van der Waals surface area contributed by atoms with Crippen molar-refractivity contribution in [1.29, 1.82) is 0 Å². The molecule has 1 amide bonds. The zero-order valence-corrected chi connectivity index (χ0v) is 16.1. The summed E-state index contributed by atoms with van der Waals surface area (Å²) in [5.41, 5.74) is 2.80. The number of aromatic nitrogens is 1. The van der Waals surface area contributed by atoms with Gasteiger partial charge >= 0.3 is 0 Å². The zero-order valence-electron chi connectivity index (χ0n) is 16.1. The summed E-state index contributed by atoms with van der Waals surface area (Å²) in [5.74, 6) is 1.24. The van der Waals surface area contributed by atoms with Crippen LogP contribution in [-0.2, 0) is 11.3 Å². The van der Waals surface area contributed by atoms with Crippen molar-refractivity contribution in [3.63, 3.8) is 0 Å². The monoisotopic (exact) mass is 369 g/mol. The number of carbonyl (C=O) groups excluding carboxylic acids is 1. The SMILES string of the molecule is CCNC(=NCc1ccc(C)cc1OCC)NCC(=O)Nc1cccnc1. The summed E-state index contributed by atoms with van der Waals surface area (Å²) >= 11 is 0. The molecule has 0 aliphatic rings. The third-order valence-electron chi connectivity index (χ3n) is 3.64. The fourth-order valence-corrected chi connectivity index (χ4v) is 2.39. The van der Waals surface area contributed by atoms with E-state index in [1.165, 1.54) is 0 Å². The molecular formula is C20H27N5O2. The van der Waals surface area contributed by atoms with Crippen molar-refractivity contribution in [3.05, 3.63) is 53.9 Å². The Hall–Kier alpha value is -3.09. The molecule has 144 valence electrons. The summed E-state index contributed by atoms with van der Waals surface area (Å²) in [6, 6.07) is 9.62. The van der Waals surface area contributed by atoms with Crippen molar-refractivity contribution < 1.29 is 9.53 Å². The highest BCUT2D eigenvalue weighted by Gasteiger charge is 2.07. The first-order valence-electron chi connectivity index (χ1n) is 9.06. The topological polar surface area (TPSA) is 87.6 Å². The smallest absolute Gasteiger partial charge is 0.243 e. The number of rotatable bonds is 8. The van der Waals surface area contributed by atoms with Crippen LogP contribution in [0.2, 0.25) is 0 Å². The molecule has 0 atom stereocenters. The van der Waals surface area contributed by atoms with E-state index in [-0.39, 0.29) is 12.5 Å². The second-order valence-electron chi connectivity index (χ2n) is 5.88. The number of nitrogens with zero attached hydrogens (tertiary/aromatic N) is 2. The Kier molecular flexibility index (Phi) is 8.09. The predicted molar refractivity (Wildman–Crippen MR) is 108 cm³/mol. The summed E-state index contributed by atoms with van der Waals surface area (Å²) in [6.07, 6.45) is 3.26. The fraction of sp³-hybridized carbons (Fsp3) is 0.350. The highest BCUT2D eigenvalue weighted by atomic mass is 16.5. The van der Waals surface area contributed by atoms with Gasteiger partial charge in [-0.1, -0.05) is 12.1 Å². The highest BCUT2D eigenvalue weighted by Crippen LogP contribution is 2.21. The number of benzene rings is 1. The van der Waals surface area contributed by atoms with E-state index in [1.807, 2.05) is 39.0 Å². The van der Waals surface area contributed by atoms with E-state index in [0.29, 0.717) is 31.3 Å².